The molecule has 2 aliphatic rings. The Hall–Kier alpha value is -1.80. The molecule has 0 spiro atoms. The second-order valence-electron chi connectivity index (χ2n) is 6.72. The van der Waals surface area contributed by atoms with Gasteiger partial charge in [0.1, 0.15) is 0 Å². The van der Waals surface area contributed by atoms with E-state index in [2.05, 4.69) is 30.6 Å². The van der Waals surface area contributed by atoms with Crippen molar-refractivity contribution >= 4 is 0 Å². The first-order valence-electron chi connectivity index (χ1n) is 8.89. The lowest BCUT2D eigenvalue weighted by Gasteiger charge is -2.32. The third-order valence-electron chi connectivity index (χ3n) is 4.63. The average Bonchev–Trinajstić information content (AvgIpc) is 3.17. The fourth-order valence-electron chi connectivity index (χ4n) is 3.13. The molecule has 1 aliphatic heterocycles. The van der Waals surface area contributed by atoms with Crippen LogP contribution in [0.25, 0.3) is 0 Å². The SMILES string of the molecule is CCc1nc(CN2CCC[C@H](NCc3nnc(C4CC4)o3)C2)no1. The molecule has 4 rings (SSSR count). The van der Waals surface area contributed by atoms with Crippen LogP contribution in [-0.2, 0) is 19.5 Å². The van der Waals surface area contributed by atoms with E-state index in [0.717, 1.165) is 50.6 Å². The molecule has 0 bridgehead atoms. The van der Waals surface area contributed by atoms with Crippen molar-refractivity contribution in [2.45, 2.75) is 64.1 Å². The molecule has 2 aromatic rings. The molecular weight excluding hydrogens is 308 g/mol. The zero-order valence-electron chi connectivity index (χ0n) is 14.1. The Morgan fingerprint density at radius 1 is 1.21 bits per heavy atom. The Bertz CT molecular complexity index is 665. The minimum Gasteiger partial charge on any atom is -0.424 e. The number of rotatable bonds is 7. The van der Waals surface area contributed by atoms with Gasteiger partial charge in [-0.2, -0.15) is 4.98 Å². The summed E-state index contributed by atoms with van der Waals surface area (Å²) in [6.07, 6.45) is 5.47. The predicted octanol–water partition coefficient (Wildman–Crippen LogP) is 1.65. The number of nitrogens with one attached hydrogen (secondary N) is 1. The van der Waals surface area contributed by atoms with Crippen molar-refractivity contribution in [2.75, 3.05) is 13.1 Å². The standard InChI is InChI=1S/C16H24N6O2/c1-2-14-18-13(21-24-14)10-22-7-3-4-12(9-22)17-8-15-19-20-16(23-15)11-5-6-11/h11-12,17H,2-10H2,1H3/t12-/m0/s1. The highest BCUT2D eigenvalue weighted by Gasteiger charge is 2.29. The lowest BCUT2D eigenvalue weighted by atomic mass is 10.1. The van der Waals surface area contributed by atoms with Crippen LogP contribution < -0.4 is 5.32 Å². The van der Waals surface area contributed by atoms with E-state index in [0.29, 0.717) is 30.3 Å². The molecule has 1 aliphatic carbocycles. The van der Waals surface area contributed by atoms with Gasteiger partial charge in [-0.05, 0) is 32.2 Å². The molecule has 0 unspecified atom stereocenters. The quantitative estimate of drug-likeness (QED) is 0.818. The smallest absolute Gasteiger partial charge is 0.230 e. The van der Waals surface area contributed by atoms with Crippen LogP contribution in [0.15, 0.2) is 8.94 Å². The van der Waals surface area contributed by atoms with Crippen molar-refractivity contribution in [1.29, 1.82) is 0 Å². The second kappa shape index (κ2) is 6.98. The van der Waals surface area contributed by atoms with E-state index in [4.69, 9.17) is 8.94 Å². The molecule has 8 heteroatoms. The lowest BCUT2D eigenvalue weighted by Crippen LogP contribution is -2.45. The van der Waals surface area contributed by atoms with E-state index >= 15 is 0 Å². The number of aromatic nitrogens is 4. The van der Waals surface area contributed by atoms with Crippen molar-refractivity contribution < 1.29 is 8.94 Å². The Kier molecular flexibility index (Phi) is 4.57. The van der Waals surface area contributed by atoms with Gasteiger partial charge >= 0.3 is 0 Å². The molecule has 0 aromatic carbocycles. The second-order valence-corrected chi connectivity index (χ2v) is 6.72. The van der Waals surface area contributed by atoms with Crippen molar-refractivity contribution in [3.63, 3.8) is 0 Å². The van der Waals surface area contributed by atoms with Crippen molar-refractivity contribution in [2.24, 2.45) is 0 Å². The molecule has 1 saturated carbocycles. The van der Waals surface area contributed by atoms with Crippen molar-refractivity contribution in [3.05, 3.63) is 23.5 Å². The lowest BCUT2D eigenvalue weighted by molar-refractivity contribution is 0.175. The topological polar surface area (TPSA) is 93.1 Å². The summed E-state index contributed by atoms with van der Waals surface area (Å²) in [5.74, 6) is 3.50. The van der Waals surface area contributed by atoms with Gasteiger partial charge in [0.15, 0.2) is 5.82 Å². The van der Waals surface area contributed by atoms with Crippen LogP contribution >= 0.6 is 0 Å². The fraction of sp³-hybridized carbons (Fsp3) is 0.750. The van der Waals surface area contributed by atoms with Crippen LogP contribution in [0.5, 0.6) is 0 Å². The van der Waals surface area contributed by atoms with E-state index < -0.39 is 0 Å². The number of hydrogen-bond donors (Lipinski definition) is 1. The monoisotopic (exact) mass is 332 g/mol. The van der Waals surface area contributed by atoms with Crippen molar-refractivity contribution in [3.8, 4) is 0 Å². The number of nitrogens with zero attached hydrogens (tertiary/aromatic N) is 5. The van der Waals surface area contributed by atoms with Gasteiger partial charge in [0.2, 0.25) is 17.7 Å². The Labute approximate surface area is 141 Å². The van der Waals surface area contributed by atoms with Gasteiger partial charge in [0.05, 0.1) is 13.1 Å². The summed E-state index contributed by atoms with van der Waals surface area (Å²) < 4.78 is 10.9. The summed E-state index contributed by atoms with van der Waals surface area (Å²) in [7, 11) is 0. The summed E-state index contributed by atoms with van der Waals surface area (Å²) in [6, 6.07) is 0.424. The normalized spacial score (nSPS) is 22.1. The number of likely N-dealkylation sites (tertiary alicyclic amines) is 1. The maximum atomic E-state index is 5.71. The van der Waals surface area contributed by atoms with Crippen LogP contribution in [0.2, 0.25) is 0 Å². The van der Waals surface area contributed by atoms with E-state index in [1.807, 2.05) is 6.92 Å². The molecule has 24 heavy (non-hydrogen) atoms. The minimum atomic E-state index is 0.424. The van der Waals surface area contributed by atoms with Crippen LogP contribution in [-0.4, -0.2) is 44.4 Å². The zero-order chi connectivity index (χ0) is 16.4. The van der Waals surface area contributed by atoms with Crippen molar-refractivity contribution in [1.82, 2.24) is 30.6 Å². The molecular formula is C16H24N6O2. The molecule has 1 saturated heterocycles. The largest absolute Gasteiger partial charge is 0.424 e. The number of aryl methyl sites for hydroxylation is 1. The summed E-state index contributed by atoms with van der Waals surface area (Å²) in [4.78, 5) is 6.76. The maximum absolute atomic E-state index is 5.71. The summed E-state index contributed by atoms with van der Waals surface area (Å²) in [5, 5.41) is 15.8. The van der Waals surface area contributed by atoms with Crippen LogP contribution in [0.1, 0.15) is 62.0 Å². The van der Waals surface area contributed by atoms with Gasteiger partial charge in [-0.3, -0.25) is 4.90 Å². The van der Waals surface area contributed by atoms with Gasteiger partial charge in [0, 0.05) is 24.9 Å². The van der Waals surface area contributed by atoms with Crippen LogP contribution in [0.4, 0.5) is 0 Å². The molecule has 2 fully saturated rings. The summed E-state index contributed by atoms with van der Waals surface area (Å²) in [5.41, 5.74) is 0. The summed E-state index contributed by atoms with van der Waals surface area (Å²) in [6.45, 7) is 5.44. The highest BCUT2D eigenvalue weighted by atomic mass is 16.5. The first-order valence-corrected chi connectivity index (χ1v) is 8.89. The molecule has 130 valence electrons. The maximum Gasteiger partial charge on any atom is 0.230 e. The highest BCUT2D eigenvalue weighted by molar-refractivity contribution is 5.00. The fourth-order valence-corrected chi connectivity index (χ4v) is 3.13. The van der Waals surface area contributed by atoms with Gasteiger partial charge in [-0.25, -0.2) is 0 Å². The molecule has 0 amide bonds. The third kappa shape index (κ3) is 3.81. The molecule has 1 N–H and O–H groups in total. The molecule has 1 atom stereocenters. The highest BCUT2D eigenvalue weighted by Crippen LogP contribution is 2.38. The zero-order valence-corrected chi connectivity index (χ0v) is 14.1. The Balaban J connectivity index is 1.26. The Morgan fingerprint density at radius 2 is 2.12 bits per heavy atom. The summed E-state index contributed by atoms with van der Waals surface area (Å²) >= 11 is 0. The van der Waals surface area contributed by atoms with Crippen LogP contribution in [0, 0.1) is 0 Å². The number of hydrogen-bond acceptors (Lipinski definition) is 8. The molecule has 8 nitrogen and oxygen atoms in total. The number of piperidine rings is 1. The van der Waals surface area contributed by atoms with E-state index in [9.17, 15) is 0 Å². The van der Waals surface area contributed by atoms with Crippen LogP contribution in [0.3, 0.4) is 0 Å². The third-order valence-corrected chi connectivity index (χ3v) is 4.63. The Morgan fingerprint density at radius 3 is 2.92 bits per heavy atom. The van der Waals surface area contributed by atoms with Gasteiger partial charge in [0.25, 0.3) is 0 Å². The minimum absolute atomic E-state index is 0.424. The van der Waals surface area contributed by atoms with Gasteiger partial charge in [-0.15, -0.1) is 10.2 Å². The average molecular weight is 332 g/mol. The van der Waals surface area contributed by atoms with E-state index in [1.54, 1.807) is 0 Å². The molecule has 3 heterocycles. The van der Waals surface area contributed by atoms with Gasteiger partial charge in [-0.1, -0.05) is 12.1 Å². The van der Waals surface area contributed by atoms with E-state index in [1.165, 1.54) is 12.8 Å². The molecule has 2 aromatic heterocycles. The van der Waals surface area contributed by atoms with Gasteiger partial charge < -0.3 is 14.3 Å². The molecule has 0 radical (unpaired) electrons. The predicted molar refractivity (Wildman–Crippen MR) is 85.1 cm³/mol. The first-order chi connectivity index (χ1) is 11.8. The van der Waals surface area contributed by atoms with E-state index in [-0.39, 0.29) is 0 Å². The first kappa shape index (κ1) is 15.7.